The first-order valence-electron chi connectivity index (χ1n) is 12.7. The summed E-state index contributed by atoms with van der Waals surface area (Å²) in [5.74, 6) is -0.424. The van der Waals surface area contributed by atoms with Gasteiger partial charge in [-0.3, -0.25) is 9.79 Å². The van der Waals surface area contributed by atoms with Crippen LogP contribution in [-0.2, 0) is 4.79 Å². The zero-order valence-corrected chi connectivity index (χ0v) is 20.9. The number of anilines is 1. The van der Waals surface area contributed by atoms with E-state index in [1.807, 2.05) is 40.6 Å². The molecule has 0 spiro atoms. The molecule has 3 aromatic rings. The number of halogens is 1. The third-order valence-corrected chi connectivity index (χ3v) is 7.62. The Bertz CT molecular complexity index is 1300. The number of aromatic nitrogens is 1. The van der Waals surface area contributed by atoms with Gasteiger partial charge in [-0.25, -0.2) is 9.07 Å². The van der Waals surface area contributed by atoms with E-state index >= 15 is 0 Å². The van der Waals surface area contributed by atoms with Gasteiger partial charge < -0.3 is 4.90 Å². The number of hydrogen-bond donors (Lipinski definition) is 0. The second kappa shape index (κ2) is 10.7. The molecule has 0 radical (unpaired) electrons. The molecule has 182 valence electrons. The van der Waals surface area contributed by atoms with Gasteiger partial charge in [-0.15, -0.1) is 11.3 Å². The topological polar surface area (TPSA) is 50.0 Å². The van der Waals surface area contributed by atoms with E-state index < -0.39 is 0 Å². The summed E-state index contributed by atoms with van der Waals surface area (Å²) >= 11 is 1.45. The van der Waals surface area contributed by atoms with Crippen LogP contribution in [0.4, 0.5) is 10.1 Å². The van der Waals surface area contributed by atoms with Crippen LogP contribution in [-0.4, -0.2) is 28.9 Å². The van der Waals surface area contributed by atoms with E-state index in [0.717, 1.165) is 43.4 Å². The maximum Gasteiger partial charge on any atom is 0.279 e. The van der Waals surface area contributed by atoms with Crippen molar-refractivity contribution in [2.45, 2.75) is 64.3 Å². The van der Waals surface area contributed by atoms with Gasteiger partial charge >= 0.3 is 0 Å². The molecule has 5 rings (SSSR count). The second-order valence-electron chi connectivity index (χ2n) is 9.25. The normalized spacial score (nSPS) is 18.0. The summed E-state index contributed by atoms with van der Waals surface area (Å²) in [7, 11) is 0. The van der Waals surface area contributed by atoms with E-state index in [-0.39, 0.29) is 17.8 Å². The van der Waals surface area contributed by atoms with Gasteiger partial charge in [-0.1, -0.05) is 69.4 Å². The molecule has 2 aliphatic rings. The maximum atomic E-state index is 14.8. The number of nitrogens with zero attached hydrogens (tertiary/aromatic N) is 4. The number of unbranched alkanes of at least 4 members (excludes halogenated alkanes) is 2. The van der Waals surface area contributed by atoms with E-state index in [1.54, 1.807) is 16.8 Å². The van der Waals surface area contributed by atoms with Crippen LogP contribution in [0.5, 0.6) is 0 Å². The zero-order chi connectivity index (χ0) is 24.2. The van der Waals surface area contributed by atoms with Crippen molar-refractivity contribution in [3.63, 3.8) is 0 Å². The van der Waals surface area contributed by atoms with E-state index in [0.29, 0.717) is 28.3 Å². The highest BCUT2D eigenvalue weighted by molar-refractivity contribution is 7.07. The average Bonchev–Trinajstić information content (AvgIpc) is 3.39. The number of hydrogen-bond acceptors (Lipinski definition) is 4. The van der Waals surface area contributed by atoms with Crippen LogP contribution in [0.1, 0.15) is 63.9 Å². The summed E-state index contributed by atoms with van der Waals surface area (Å²) in [6.07, 6.45) is 8.80. The Kier molecular flexibility index (Phi) is 7.23. The minimum atomic E-state index is -0.317. The molecule has 1 saturated carbocycles. The van der Waals surface area contributed by atoms with Gasteiger partial charge in [-0.2, -0.15) is 5.10 Å². The largest absolute Gasteiger partial charge is 0.306 e. The summed E-state index contributed by atoms with van der Waals surface area (Å²) in [4.78, 5) is 21.1. The maximum absolute atomic E-state index is 14.8. The molecule has 0 atom stereocenters. The Balaban J connectivity index is 1.63. The molecule has 1 aliphatic carbocycles. The van der Waals surface area contributed by atoms with E-state index in [9.17, 15) is 9.18 Å². The molecular formula is C28H31FN4OS. The predicted molar refractivity (Wildman–Crippen MR) is 140 cm³/mol. The van der Waals surface area contributed by atoms with E-state index in [2.05, 4.69) is 6.92 Å². The van der Waals surface area contributed by atoms with Crippen LogP contribution in [0.15, 0.2) is 64.0 Å². The van der Waals surface area contributed by atoms with Crippen LogP contribution in [0, 0.1) is 5.82 Å². The van der Waals surface area contributed by atoms with Crippen LogP contribution in [0.25, 0.3) is 11.3 Å². The zero-order valence-electron chi connectivity index (χ0n) is 20.1. The number of fused-ring (bicyclic) bond motifs is 1. The van der Waals surface area contributed by atoms with Crippen LogP contribution < -0.4 is 9.70 Å². The van der Waals surface area contributed by atoms with Gasteiger partial charge in [0.2, 0.25) is 4.80 Å². The lowest BCUT2D eigenvalue weighted by Crippen LogP contribution is -2.32. The van der Waals surface area contributed by atoms with Gasteiger partial charge in [0.1, 0.15) is 5.82 Å². The molecule has 35 heavy (non-hydrogen) atoms. The quantitative estimate of drug-likeness (QED) is 0.355. The number of para-hydroxylation sites is 1. The van der Waals surface area contributed by atoms with Crippen molar-refractivity contribution >= 4 is 28.6 Å². The summed E-state index contributed by atoms with van der Waals surface area (Å²) < 4.78 is 16.5. The minimum absolute atomic E-state index is 0.107. The van der Waals surface area contributed by atoms with Crippen molar-refractivity contribution in [1.82, 2.24) is 4.68 Å². The smallest absolute Gasteiger partial charge is 0.279 e. The highest BCUT2D eigenvalue weighted by Crippen LogP contribution is 2.31. The lowest BCUT2D eigenvalue weighted by molar-refractivity contribution is -0.112. The molecule has 7 heteroatoms. The molecule has 0 N–H and O–H groups in total. The number of carbonyl (C=O) groups is 1. The van der Waals surface area contributed by atoms with Crippen LogP contribution in [0.2, 0.25) is 0 Å². The lowest BCUT2D eigenvalue weighted by atomic mass is 9.96. The monoisotopic (exact) mass is 490 g/mol. The number of rotatable bonds is 7. The minimum Gasteiger partial charge on any atom is -0.306 e. The highest BCUT2D eigenvalue weighted by Gasteiger charge is 2.34. The van der Waals surface area contributed by atoms with Crippen molar-refractivity contribution in [2.75, 3.05) is 11.4 Å². The number of thiazole rings is 1. The predicted octanol–water partition coefficient (Wildman–Crippen LogP) is 6.38. The molecule has 0 saturated heterocycles. The van der Waals surface area contributed by atoms with Crippen molar-refractivity contribution in [3.8, 4) is 11.3 Å². The fraction of sp³-hybridized carbons (Fsp3) is 0.393. The Morgan fingerprint density at radius 1 is 1.00 bits per heavy atom. The highest BCUT2D eigenvalue weighted by atomic mass is 32.1. The Labute approximate surface area is 209 Å². The van der Waals surface area contributed by atoms with Crippen molar-refractivity contribution < 1.29 is 9.18 Å². The van der Waals surface area contributed by atoms with Crippen molar-refractivity contribution in [2.24, 2.45) is 10.1 Å². The molecular weight excluding hydrogens is 459 g/mol. The van der Waals surface area contributed by atoms with Gasteiger partial charge in [-0.05, 0) is 37.5 Å². The Hall–Kier alpha value is -3.06. The Morgan fingerprint density at radius 2 is 1.74 bits per heavy atom. The van der Waals surface area contributed by atoms with Gasteiger partial charge in [0.05, 0.1) is 17.4 Å². The summed E-state index contributed by atoms with van der Waals surface area (Å²) in [5, 5.41) is 6.79. The molecule has 2 heterocycles. The Morgan fingerprint density at radius 3 is 2.51 bits per heavy atom. The van der Waals surface area contributed by atoms with E-state index in [4.69, 9.17) is 10.1 Å². The molecule has 2 aromatic carbocycles. The number of carbonyl (C=O) groups excluding carboxylic acids is 1. The molecule has 1 amide bonds. The van der Waals surface area contributed by atoms with Gasteiger partial charge in [0.15, 0.2) is 5.71 Å². The first-order valence-corrected chi connectivity index (χ1v) is 13.5. The molecule has 0 unspecified atom stereocenters. The first-order chi connectivity index (χ1) is 17.2. The van der Waals surface area contributed by atoms with Gasteiger partial charge in [0, 0.05) is 23.1 Å². The number of benzene rings is 2. The van der Waals surface area contributed by atoms with Crippen molar-refractivity contribution in [3.05, 3.63) is 70.1 Å². The molecule has 0 bridgehead atoms. The fourth-order valence-corrected chi connectivity index (χ4v) is 5.80. The fourth-order valence-electron chi connectivity index (χ4n) is 4.91. The van der Waals surface area contributed by atoms with Gasteiger partial charge in [0.25, 0.3) is 5.91 Å². The molecule has 5 nitrogen and oxygen atoms in total. The van der Waals surface area contributed by atoms with Crippen LogP contribution >= 0.6 is 11.3 Å². The average molecular weight is 491 g/mol. The molecule has 1 fully saturated rings. The molecule has 1 aromatic heterocycles. The molecule has 1 aliphatic heterocycles. The second-order valence-corrected chi connectivity index (χ2v) is 10.1. The SMILES string of the molecule is CCCCCN1C(=O)/C(=N\n2c(-c3ccccc3F)csc2=NC2CCCCC2)c2ccccc21. The summed E-state index contributed by atoms with van der Waals surface area (Å²) in [6.45, 7) is 2.82. The number of amides is 1. The standard InChI is InChI=1S/C28H31FN4OS/c1-2-3-11-18-32-24-17-10-8-15-22(24)26(27(32)34)31-33-25(21-14-7-9-16-23(21)29)19-35-28(33)30-20-12-5-4-6-13-20/h7-10,14-17,19-20H,2-6,11-13,18H2,1H3/b30-28?,31-26-. The van der Waals surface area contributed by atoms with Crippen LogP contribution in [0.3, 0.4) is 0 Å². The lowest BCUT2D eigenvalue weighted by Gasteiger charge is -2.17. The van der Waals surface area contributed by atoms with E-state index in [1.165, 1.54) is 36.7 Å². The summed E-state index contributed by atoms with van der Waals surface area (Å²) in [6, 6.07) is 14.7. The van der Waals surface area contributed by atoms with Crippen molar-refractivity contribution in [1.29, 1.82) is 0 Å². The third-order valence-electron chi connectivity index (χ3n) is 6.79. The summed E-state index contributed by atoms with van der Waals surface area (Å²) in [5.41, 5.74) is 3.16. The third kappa shape index (κ3) is 4.87. The first kappa shape index (κ1) is 23.7.